The van der Waals surface area contributed by atoms with E-state index in [9.17, 15) is 9.59 Å². The van der Waals surface area contributed by atoms with Gasteiger partial charge in [-0.3, -0.25) is 9.59 Å². The van der Waals surface area contributed by atoms with Crippen LogP contribution in [-0.4, -0.2) is 42.4 Å². The molecule has 0 saturated carbocycles. The topological polar surface area (TPSA) is 75.4 Å². The lowest BCUT2D eigenvalue weighted by Gasteiger charge is -2.34. The number of nitrogens with one attached hydrogen (secondary N) is 1. The van der Waals surface area contributed by atoms with Crippen molar-refractivity contribution in [1.82, 2.24) is 10.2 Å². The van der Waals surface area contributed by atoms with E-state index in [-0.39, 0.29) is 5.91 Å². The van der Waals surface area contributed by atoms with Crippen LogP contribution in [0, 0.1) is 0 Å². The molecule has 92 valence electrons. The highest BCUT2D eigenvalue weighted by Gasteiger charge is 2.29. The van der Waals surface area contributed by atoms with Crippen LogP contribution in [0.25, 0.3) is 0 Å². The van der Waals surface area contributed by atoms with Crippen molar-refractivity contribution >= 4 is 11.8 Å². The van der Waals surface area contributed by atoms with Gasteiger partial charge in [-0.2, -0.15) is 0 Å². The van der Waals surface area contributed by atoms with Crippen LogP contribution >= 0.6 is 0 Å². The molecule has 1 aliphatic heterocycles. The van der Waals surface area contributed by atoms with Crippen molar-refractivity contribution in [3.8, 4) is 0 Å². The predicted molar refractivity (Wildman–Crippen MR) is 61.7 cm³/mol. The summed E-state index contributed by atoms with van der Waals surface area (Å²) in [7, 11) is 0. The molecular formula is C11H21N3O2. The fraction of sp³-hybridized carbons (Fsp3) is 0.818. The summed E-state index contributed by atoms with van der Waals surface area (Å²) in [5.41, 5.74) is 5.28. The summed E-state index contributed by atoms with van der Waals surface area (Å²) in [4.78, 5) is 24.7. The molecule has 0 spiro atoms. The smallest absolute Gasteiger partial charge is 0.241 e. The first-order chi connectivity index (χ1) is 7.66. The number of nitrogens with zero attached hydrogens (tertiary/aromatic N) is 1. The van der Waals surface area contributed by atoms with Crippen LogP contribution < -0.4 is 11.1 Å². The summed E-state index contributed by atoms with van der Waals surface area (Å²) < 4.78 is 0. The van der Waals surface area contributed by atoms with Crippen LogP contribution in [0.5, 0.6) is 0 Å². The number of carbonyl (C=O) groups is 2. The fourth-order valence-corrected chi connectivity index (χ4v) is 1.93. The molecule has 5 heteroatoms. The van der Waals surface area contributed by atoms with E-state index in [4.69, 9.17) is 5.73 Å². The van der Waals surface area contributed by atoms with Crippen molar-refractivity contribution in [2.24, 2.45) is 5.73 Å². The number of unbranched alkanes of at least 4 members (excludes halogenated alkanes) is 2. The molecular weight excluding hydrogens is 206 g/mol. The monoisotopic (exact) mass is 227 g/mol. The van der Waals surface area contributed by atoms with E-state index in [0.717, 1.165) is 25.8 Å². The molecule has 0 aliphatic carbocycles. The Morgan fingerprint density at radius 2 is 2.19 bits per heavy atom. The van der Waals surface area contributed by atoms with Gasteiger partial charge in [-0.15, -0.1) is 0 Å². The second kappa shape index (κ2) is 6.48. The van der Waals surface area contributed by atoms with Crippen LogP contribution in [0.15, 0.2) is 0 Å². The molecule has 1 rings (SSSR count). The van der Waals surface area contributed by atoms with E-state index >= 15 is 0 Å². The Labute approximate surface area is 96.4 Å². The van der Waals surface area contributed by atoms with Crippen molar-refractivity contribution < 1.29 is 9.59 Å². The summed E-state index contributed by atoms with van der Waals surface area (Å²) in [6, 6.07) is -0.470. The molecule has 1 saturated heterocycles. The average Bonchev–Trinajstić information content (AvgIpc) is 2.29. The number of hydrogen-bond acceptors (Lipinski definition) is 3. The number of hydrogen-bond donors (Lipinski definition) is 2. The Hall–Kier alpha value is -1.10. The van der Waals surface area contributed by atoms with Gasteiger partial charge in [0, 0.05) is 26.1 Å². The predicted octanol–water partition coefficient (Wildman–Crippen LogP) is -0.148. The summed E-state index contributed by atoms with van der Waals surface area (Å²) in [6.07, 6.45) is 3.56. The quantitative estimate of drug-likeness (QED) is 0.641. The van der Waals surface area contributed by atoms with Gasteiger partial charge >= 0.3 is 0 Å². The van der Waals surface area contributed by atoms with Crippen molar-refractivity contribution in [2.75, 3.05) is 19.6 Å². The molecule has 2 amide bonds. The standard InChI is InChI=1S/C11H21N3O2/c1-2-3-4-5-10(15)14-7-6-13-8-9(14)11(12)16/h9,13H,2-8H2,1H3,(H2,12,16). The summed E-state index contributed by atoms with van der Waals surface area (Å²) in [5, 5.41) is 3.07. The van der Waals surface area contributed by atoms with Gasteiger partial charge in [-0.05, 0) is 6.42 Å². The maximum absolute atomic E-state index is 11.9. The van der Waals surface area contributed by atoms with Gasteiger partial charge < -0.3 is 16.0 Å². The van der Waals surface area contributed by atoms with Crippen molar-refractivity contribution in [2.45, 2.75) is 38.6 Å². The van der Waals surface area contributed by atoms with Gasteiger partial charge in [0.2, 0.25) is 11.8 Å². The molecule has 0 radical (unpaired) electrons. The van der Waals surface area contributed by atoms with Crippen LogP contribution in [-0.2, 0) is 9.59 Å². The highest BCUT2D eigenvalue weighted by atomic mass is 16.2. The van der Waals surface area contributed by atoms with Crippen LogP contribution in [0.3, 0.4) is 0 Å². The third-order valence-corrected chi connectivity index (χ3v) is 2.89. The maximum Gasteiger partial charge on any atom is 0.241 e. The molecule has 3 N–H and O–H groups in total. The second-order valence-electron chi connectivity index (χ2n) is 4.17. The van der Waals surface area contributed by atoms with Gasteiger partial charge in [0.05, 0.1) is 0 Å². The van der Waals surface area contributed by atoms with E-state index in [1.54, 1.807) is 4.90 Å². The lowest BCUT2D eigenvalue weighted by Crippen LogP contribution is -2.58. The van der Waals surface area contributed by atoms with Gasteiger partial charge in [0.15, 0.2) is 0 Å². The Bertz CT molecular complexity index is 256. The zero-order chi connectivity index (χ0) is 12.0. The first-order valence-corrected chi connectivity index (χ1v) is 5.96. The number of primary amides is 1. The lowest BCUT2D eigenvalue weighted by atomic mass is 10.1. The first kappa shape index (κ1) is 13.0. The van der Waals surface area contributed by atoms with Gasteiger partial charge in [0.25, 0.3) is 0 Å². The third kappa shape index (κ3) is 3.48. The number of amides is 2. The Balaban J connectivity index is 2.47. The lowest BCUT2D eigenvalue weighted by molar-refractivity contribution is -0.140. The molecule has 0 aromatic rings. The second-order valence-corrected chi connectivity index (χ2v) is 4.17. The van der Waals surface area contributed by atoms with Gasteiger partial charge in [-0.1, -0.05) is 19.8 Å². The maximum atomic E-state index is 11.9. The van der Waals surface area contributed by atoms with E-state index in [0.29, 0.717) is 19.5 Å². The molecule has 1 aliphatic rings. The largest absolute Gasteiger partial charge is 0.368 e. The Morgan fingerprint density at radius 1 is 1.44 bits per heavy atom. The molecule has 5 nitrogen and oxygen atoms in total. The minimum atomic E-state index is -0.470. The minimum absolute atomic E-state index is 0.0544. The third-order valence-electron chi connectivity index (χ3n) is 2.89. The Kier molecular flexibility index (Phi) is 5.25. The molecule has 1 heterocycles. The molecule has 0 aromatic carbocycles. The highest BCUT2D eigenvalue weighted by molar-refractivity contribution is 5.87. The van der Waals surface area contributed by atoms with Crippen LogP contribution in [0.2, 0.25) is 0 Å². The average molecular weight is 227 g/mol. The molecule has 1 unspecified atom stereocenters. The molecule has 0 bridgehead atoms. The minimum Gasteiger partial charge on any atom is -0.368 e. The summed E-state index contributed by atoms with van der Waals surface area (Å²) in [5.74, 6) is -0.366. The number of piperazine rings is 1. The molecule has 0 aromatic heterocycles. The van der Waals surface area contributed by atoms with Gasteiger partial charge in [-0.25, -0.2) is 0 Å². The van der Waals surface area contributed by atoms with Crippen LogP contribution in [0.1, 0.15) is 32.6 Å². The number of nitrogens with two attached hydrogens (primary N) is 1. The molecule has 1 atom stereocenters. The van der Waals surface area contributed by atoms with Crippen molar-refractivity contribution in [3.05, 3.63) is 0 Å². The van der Waals surface area contributed by atoms with Crippen molar-refractivity contribution in [3.63, 3.8) is 0 Å². The SMILES string of the molecule is CCCCCC(=O)N1CCNCC1C(N)=O. The highest BCUT2D eigenvalue weighted by Crippen LogP contribution is 2.08. The number of rotatable bonds is 5. The number of carbonyl (C=O) groups excluding carboxylic acids is 2. The van der Waals surface area contributed by atoms with E-state index < -0.39 is 11.9 Å². The van der Waals surface area contributed by atoms with E-state index in [2.05, 4.69) is 12.2 Å². The summed E-state index contributed by atoms with van der Waals surface area (Å²) >= 11 is 0. The fourth-order valence-electron chi connectivity index (χ4n) is 1.93. The Morgan fingerprint density at radius 3 is 2.81 bits per heavy atom. The van der Waals surface area contributed by atoms with E-state index in [1.165, 1.54) is 0 Å². The van der Waals surface area contributed by atoms with Gasteiger partial charge in [0.1, 0.15) is 6.04 Å². The zero-order valence-corrected chi connectivity index (χ0v) is 9.87. The van der Waals surface area contributed by atoms with Crippen LogP contribution in [0.4, 0.5) is 0 Å². The van der Waals surface area contributed by atoms with Crippen molar-refractivity contribution in [1.29, 1.82) is 0 Å². The first-order valence-electron chi connectivity index (χ1n) is 5.96. The van der Waals surface area contributed by atoms with E-state index in [1.807, 2.05) is 0 Å². The summed E-state index contributed by atoms with van der Waals surface area (Å²) in [6.45, 7) is 3.90. The normalized spacial score (nSPS) is 20.8. The molecule has 1 fully saturated rings. The zero-order valence-electron chi connectivity index (χ0n) is 9.87. The molecule has 16 heavy (non-hydrogen) atoms.